The lowest BCUT2D eigenvalue weighted by Crippen LogP contribution is -2.09. The number of imidazole rings is 2. The Labute approximate surface area is 696 Å². The summed E-state index contributed by atoms with van der Waals surface area (Å²) in [6.07, 6.45) is 0. The Bertz CT molecular complexity index is 7500. The minimum Gasteiger partial charge on any atom is -0.310 e. The van der Waals surface area contributed by atoms with Crippen molar-refractivity contribution in [2.75, 3.05) is 4.90 Å². The summed E-state index contributed by atoms with van der Waals surface area (Å²) in [7, 11) is 0. The SMILES string of the molecule is c1ccc(N(c2ccc(-c3ccc(-c4ccc(-c5ccc(-c6ccc(-c7nc8ccccc8n7-c7ccccc7)cc6)cc5)cc4)cc3)cc2)c2ccc3ccc(-c4ccc5c6ccccc6n(-c6ccc(-c7ccc(-c8ccc(-c9ccc(-c%10ccc(-c%11nc%12ccccc%12n%11-c%11ccccc%11)cc%10)cc9)cc8)cc7)cc6)c5c4)cc3c2)cc1. The highest BCUT2D eigenvalue weighted by molar-refractivity contribution is 6.10. The molecule has 0 aliphatic heterocycles. The molecule has 3 aromatic heterocycles. The Kier molecular flexibility index (Phi) is 17.8. The van der Waals surface area contributed by atoms with E-state index in [1.807, 2.05) is 12.1 Å². The first-order valence-corrected chi connectivity index (χ1v) is 41.0. The largest absolute Gasteiger partial charge is 0.310 e. The van der Waals surface area contributed by atoms with Gasteiger partial charge in [0.25, 0.3) is 0 Å². The fourth-order valence-electron chi connectivity index (χ4n) is 17.5. The van der Waals surface area contributed by atoms with E-state index in [9.17, 15) is 0 Å². The van der Waals surface area contributed by atoms with Gasteiger partial charge in [0.05, 0.1) is 33.1 Å². The van der Waals surface area contributed by atoms with Crippen molar-refractivity contribution in [3.63, 3.8) is 0 Å². The van der Waals surface area contributed by atoms with E-state index in [1.54, 1.807) is 0 Å². The van der Waals surface area contributed by atoms with Gasteiger partial charge in [-0.15, -0.1) is 0 Å². The van der Waals surface area contributed by atoms with Crippen molar-refractivity contribution < 1.29 is 0 Å². The molecule has 0 N–H and O–H groups in total. The summed E-state index contributed by atoms with van der Waals surface area (Å²) >= 11 is 0. The van der Waals surface area contributed by atoms with Crippen LogP contribution in [0, 0.1) is 0 Å². The van der Waals surface area contributed by atoms with Crippen LogP contribution >= 0.6 is 0 Å². The maximum atomic E-state index is 5.08. The fourth-order valence-corrected chi connectivity index (χ4v) is 17.5. The van der Waals surface area contributed by atoms with Crippen LogP contribution in [-0.2, 0) is 0 Å². The third kappa shape index (κ3) is 13.3. The zero-order valence-corrected chi connectivity index (χ0v) is 65.6. The van der Waals surface area contributed by atoms with Crippen LogP contribution in [0.4, 0.5) is 17.1 Å². The molecule has 6 heteroatoms. The molecule has 0 bridgehead atoms. The molecule has 0 fully saturated rings. The Hall–Kier alpha value is -16.0. The van der Waals surface area contributed by atoms with Crippen LogP contribution in [0.5, 0.6) is 0 Å². The molecule has 0 amide bonds. The Morgan fingerprint density at radius 1 is 0.158 bits per heavy atom. The van der Waals surface area contributed by atoms with Gasteiger partial charge >= 0.3 is 0 Å². The lowest BCUT2D eigenvalue weighted by molar-refractivity contribution is 1.10. The van der Waals surface area contributed by atoms with Gasteiger partial charge in [0, 0.05) is 56.0 Å². The molecular formula is C114H76N6. The zero-order valence-electron chi connectivity index (χ0n) is 65.6. The van der Waals surface area contributed by atoms with E-state index in [0.29, 0.717) is 0 Å². The van der Waals surface area contributed by atoms with Crippen LogP contribution in [0.3, 0.4) is 0 Å². The lowest BCUT2D eigenvalue weighted by Gasteiger charge is -2.26. The van der Waals surface area contributed by atoms with Crippen molar-refractivity contribution in [2.24, 2.45) is 0 Å². The number of hydrogen-bond donors (Lipinski definition) is 0. The molecule has 0 unspecified atom stereocenters. The number of benzene rings is 19. The van der Waals surface area contributed by atoms with Crippen molar-refractivity contribution >= 4 is 71.7 Å². The van der Waals surface area contributed by atoms with Gasteiger partial charge in [-0.3, -0.25) is 9.13 Å². The summed E-state index contributed by atoms with van der Waals surface area (Å²) in [5, 5.41) is 4.80. The predicted octanol–water partition coefficient (Wildman–Crippen LogP) is 30.4. The summed E-state index contributed by atoms with van der Waals surface area (Å²) in [5.41, 5.74) is 36.3. The van der Waals surface area contributed by atoms with Gasteiger partial charge in [-0.25, -0.2) is 9.97 Å². The normalized spacial score (nSPS) is 11.5. The molecule has 120 heavy (non-hydrogen) atoms. The summed E-state index contributed by atoms with van der Waals surface area (Å²) < 4.78 is 6.92. The number of hydrogen-bond acceptors (Lipinski definition) is 3. The van der Waals surface area contributed by atoms with Crippen LogP contribution in [0.25, 0.3) is 195 Å². The van der Waals surface area contributed by atoms with Gasteiger partial charge in [0.15, 0.2) is 0 Å². The standard InChI is InChI=1S/C114H76N6/c1-4-16-99(17-5-1)117(102-68-62-91(63-69-102)87-48-44-83(45-49-87)79-32-28-77(29-33-79)81-36-40-85(41-37-81)89-52-57-94(58-53-89)113-115-107-23-11-14-26-110(107)119(113)100-18-6-2-7-19-100)104-72-66-93-56-61-96(74-98(93)75-104)97-67-73-106-105-22-10-13-25-109(105)118(112(106)76-97)103-70-64-92(65-71-103)88-50-46-84(47-51-88)80-34-30-78(31-35-80)82-38-42-86(43-39-82)90-54-59-95(60-55-90)114-116-108-24-12-15-27-111(108)120(114)101-20-8-3-9-21-101/h1-76H. The minimum atomic E-state index is 0.930. The van der Waals surface area contributed by atoms with Crippen LogP contribution < -0.4 is 4.90 Å². The molecule has 6 nitrogen and oxygen atoms in total. The summed E-state index contributed by atoms with van der Waals surface area (Å²) in [4.78, 5) is 12.5. The number of fused-ring (bicyclic) bond motifs is 6. The number of para-hydroxylation sites is 8. The monoisotopic (exact) mass is 1530 g/mol. The van der Waals surface area contributed by atoms with Gasteiger partial charge in [-0.05, 0) is 226 Å². The van der Waals surface area contributed by atoms with Crippen LogP contribution in [-0.4, -0.2) is 23.7 Å². The zero-order chi connectivity index (χ0) is 79.4. The van der Waals surface area contributed by atoms with Crippen LogP contribution in [0.2, 0.25) is 0 Å². The van der Waals surface area contributed by atoms with Crippen LogP contribution in [0.15, 0.2) is 461 Å². The topological polar surface area (TPSA) is 43.8 Å². The third-order valence-electron chi connectivity index (χ3n) is 23.8. The van der Waals surface area contributed by atoms with Crippen LogP contribution in [0.1, 0.15) is 0 Å². The molecule has 0 aliphatic rings. The molecular weight excluding hydrogens is 1450 g/mol. The molecule has 0 spiro atoms. The van der Waals surface area contributed by atoms with Gasteiger partial charge in [-0.1, -0.05) is 346 Å². The molecule has 19 aromatic carbocycles. The third-order valence-corrected chi connectivity index (χ3v) is 23.8. The maximum absolute atomic E-state index is 5.08. The molecule has 0 radical (unpaired) electrons. The summed E-state index contributed by atoms with van der Waals surface area (Å²) in [5.74, 6) is 1.86. The number of aromatic nitrogens is 5. The molecule has 0 saturated heterocycles. The first-order valence-electron chi connectivity index (χ1n) is 41.0. The Morgan fingerprint density at radius 2 is 0.433 bits per heavy atom. The van der Waals surface area contributed by atoms with Crippen molar-refractivity contribution in [2.45, 2.75) is 0 Å². The molecule has 0 atom stereocenters. The number of nitrogens with zero attached hydrogens (tertiary/aromatic N) is 6. The second kappa shape index (κ2) is 30.3. The first-order chi connectivity index (χ1) is 59.4. The Morgan fingerprint density at radius 3 is 0.842 bits per heavy atom. The smallest absolute Gasteiger partial charge is 0.145 e. The van der Waals surface area contributed by atoms with E-state index in [2.05, 4.69) is 468 Å². The van der Waals surface area contributed by atoms with Gasteiger partial charge < -0.3 is 9.47 Å². The maximum Gasteiger partial charge on any atom is 0.145 e. The summed E-state index contributed by atoms with van der Waals surface area (Å²) in [6, 6.07) is 167. The van der Waals surface area contributed by atoms with E-state index < -0.39 is 0 Å². The first kappa shape index (κ1) is 70.6. The molecule has 22 rings (SSSR count). The van der Waals surface area contributed by atoms with Gasteiger partial charge in [-0.2, -0.15) is 0 Å². The lowest BCUT2D eigenvalue weighted by atomic mass is 9.96. The molecule has 22 aromatic rings. The van der Waals surface area contributed by atoms with Gasteiger partial charge in [0.2, 0.25) is 0 Å². The van der Waals surface area contributed by atoms with E-state index in [0.717, 1.165) is 107 Å². The fraction of sp³-hybridized carbons (Fsp3) is 0. The molecule has 562 valence electrons. The van der Waals surface area contributed by atoms with E-state index in [4.69, 9.17) is 9.97 Å². The van der Waals surface area contributed by atoms with E-state index in [-0.39, 0.29) is 0 Å². The quantitative estimate of drug-likeness (QED) is 0.0912. The second-order valence-corrected chi connectivity index (χ2v) is 30.9. The minimum absolute atomic E-state index is 0.930. The Balaban J connectivity index is 0.467. The average molecular weight is 1530 g/mol. The molecule has 0 aliphatic carbocycles. The van der Waals surface area contributed by atoms with E-state index in [1.165, 1.54) is 105 Å². The highest BCUT2D eigenvalue weighted by Gasteiger charge is 2.21. The summed E-state index contributed by atoms with van der Waals surface area (Å²) in [6.45, 7) is 0. The number of rotatable bonds is 17. The molecule has 3 heterocycles. The van der Waals surface area contributed by atoms with Crippen molar-refractivity contribution in [3.05, 3.63) is 461 Å². The highest BCUT2D eigenvalue weighted by Crippen LogP contribution is 2.43. The second-order valence-electron chi connectivity index (χ2n) is 30.9. The predicted molar refractivity (Wildman–Crippen MR) is 502 cm³/mol. The van der Waals surface area contributed by atoms with E-state index >= 15 is 0 Å². The van der Waals surface area contributed by atoms with Gasteiger partial charge in [0.1, 0.15) is 11.6 Å². The number of anilines is 3. The van der Waals surface area contributed by atoms with Crippen molar-refractivity contribution in [3.8, 4) is 140 Å². The molecule has 0 saturated carbocycles. The van der Waals surface area contributed by atoms with Crippen molar-refractivity contribution in [1.82, 2.24) is 23.7 Å². The van der Waals surface area contributed by atoms with Crippen molar-refractivity contribution in [1.29, 1.82) is 0 Å². The highest BCUT2D eigenvalue weighted by atomic mass is 15.1. The average Bonchev–Trinajstić information content (AvgIpc) is 1.58.